The zero-order valence-electron chi connectivity index (χ0n) is 49.7. The summed E-state index contributed by atoms with van der Waals surface area (Å²) in [5.41, 5.74) is 0. The minimum atomic E-state index is -1.55. The van der Waals surface area contributed by atoms with E-state index in [9.17, 15) is 19.5 Å². The molecule has 0 radical (unpaired) electrons. The Bertz CT molecular complexity index is 1990. The third-order valence-electron chi connectivity index (χ3n) is 11.3. The van der Waals surface area contributed by atoms with Crippen LogP contribution in [0.2, 0.25) is 0 Å². The number of ether oxygens (including phenoxy) is 4. The first-order chi connectivity index (χ1) is 38.6. The molecule has 9 heteroatoms. The van der Waals surface area contributed by atoms with Crippen molar-refractivity contribution in [3.05, 3.63) is 194 Å². The van der Waals surface area contributed by atoms with Gasteiger partial charge >= 0.3 is 17.9 Å². The molecule has 0 bridgehead atoms. The lowest BCUT2D eigenvalue weighted by Crippen LogP contribution is -2.40. The predicted octanol–water partition coefficient (Wildman–Crippen LogP) is 17.9. The highest BCUT2D eigenvalue weighted by Gasteiger charge is 2.25. The first kappa shape index (κ1) is 73.1. The Hall–Kier alpha value is -5.87. The summed E-state index contributed by atoms with van der Waals surface area (Å²) in [4.78, 5) is 37.4. The van der Waals surface area contributed by atoms with Crippen LogP contribution < -0.4 is 0 Å². The minimum absolute atomic E-state index is 0.159. The van der Waals surface area contributed by atoms with Crippen molar-refractivity contribution in [1.29, 1.82) is 0 Å². The molecule has 0 aromatic carbocycles. The molecule has 0 aliphatic heterocycles. The summed E-state index contributed by atoms with van der Waals surface area (Å²) in [6.07, 6.45) is 88.0. The number of hydrogen-bond acceptors (Lipinski definition) is 7. The van der Waals surface area contributed by atoms with Crippen molar-refractivity contribution in [2.75, 3.05) is 47.5 Å². The third kappa shape index (κ3) is 59.6. The first-order valence-corrected chi connectivity index (χ1v) is 29.6. The number of likely N-dealkylation sites (N-methyl/N-ethyl adjacent to an activating group) is 1. The van der Waals surface area contributed by atoms with E-state index in [-0.39, 0.29) is 32.7 Å². The molecule has 9 nitrogen and oxygen atoms in total. The van der Waals surface area contributed by atoms with Crippen LogP contribution in [0.5, 0.6) is 0 Å². The molecule has 1 N–H and O–H groups in total. The Morgan fingerprint density at radius 1 is 0.380 bits per heavy atom. The van der Waals surface area contributed by atoms with Crippen molar-refractivity contribution in [2.45, 2.75) is 180 Å². The summed E-state index contributed by atoms with van der Waals surface area (Å²) in [6, 6.07) is 0. The number of carboxylic acids is 1. The fourth-order valence-corrected chi connectivity index (χ4v) is 6.86. The number of carbonyl (C=O) groups excluding carboxylic acids is 2. The molecule has 79 heavy (non-hydrogen) atoms. The number of aliphatic carboxylic acids is 1. The molecule has 0 saturated heterocycles. The molecule has 0 rings (SSSR count). The third-order valence-corrected chi connectivity index (χ3v) is 11.3. The zero-order chi connectivity index (χ0) is 57.6. The molecule has 2 atom stereocenters. The normalized spacial score (nSPS) is 14.2. The van der Waals surface area contributed by atoms with E-state index in [1.54, 1.807) is 0 Å². The van der Waals surface area contributed by atoms with Gasteiger partial charge in [0.05, 0.1) is 34.4 Å². The summed E-state index contributed by atoms with van der Waals surface area (Å²) < 4.78 is 22.8. The van der Waals surface area contributed by atoms with E-state index in [0.717, 1.165) is 128 Å². The summed E-state index contributed by atoms with van der Waals surface area (Å²) in [5, 5.41) is 9.71. The fraction of sp³-hybridized carbons (Fsp3) is 0.500. The van der Waals surface area contributed by atoms with Crippen molar-refractivity contribution in [1.82, 2.24) is 0 Å². The first-order valence-electron chi connectivity index (χ1n) is 29.6. The van der Waals surface area contributed by atoms with Gasteiger partial charge in [-0.1, -0.05) is 208 Å². The Morgan fingerprint density at radius 3 is 0.962 bits per heavy atom. The minimum Gasteiger partial charge on any atom is -0.477 e. The molecule has 438 valence electrons. The van der Waals surface area contributed by atoms with Gasteiger partial charge < -0.3 is 28.5 Å². The number of carbonyl (C=O) groups is 3. The molecule has 0 aliphatic rings. The molecular weight excluding hydrogens is 983 g/mol. The maximum Gasteiger partial charge on any atom is 0.361 e. The Balaban J connectivity index is 4.49. The van der Waals surface area contributed by atoms with Crippen LogP contribution in [-0.4, -0.2) is 87.4 Å². The molecule has 0 aromatic heterocycles. The average Bonchev–Trinajstić information content (AvgIpc) is 3.42. The molecule has 0 spiro atoms. The van der Waals surface area contributed by atoms with Gasteiger partial charge in [-0.05, 0) is 141 Å². The van der Waals surface area contributed by atoms with E-state index in [2.05, 4.69) is 208 Å². The van der Waals surface area contributed by atoms with E-state index in [1.165, 1.54) is 0 Å². The lowest BCUT2D eigenvalue weighted by Gasteiger charge is -2.25. The molecular formula is C70H106NO8+. The van der Waals surface area contributed by atoms with Crippen molar-refractivity contribution in [2.24, 2.45) is 0 Å². The van der Waals surface area contributed by atoms with E-state index >= 15 is 0 Å². The van der Waals surface area contributed by atoms with Gasteiger partial charge in [0, 0.05) is 12.8 Å². The van der Waals surface area contributed by atoms with Crippen LogP contribution in [0, 0.1) is 0 Å². The van der Waals surface area contributed by atoms with Crippen molar-refractivity contribution in [3.63, 3.8) is 0 Å². The van der Waals surface area contributed by atoms with Crippen molar-refractivity contribution < 1.29 is 42.9 Å². The van der Waals surface area contributed by atoms with Gasteiger partial charge in [0.2, 0.25) is 0 Å². The van der Waals surface area contributed by atoms with Crippen LogP contribution in [0.15, 0.2) is 194 Å². The van der Waals surface area contributed by atoms with Crippen LogP contribution in [0.3, 0.4) is 0 Å². The zero-order valence-corrected chi connectivity index (χ0v) is 49.7. The molecule has 0 aromatic rings. The Morgan fingerprint density at radius 2 is 0.671 bits per heavy atom. The number of allylic oxidation sites excluding steroid dienone is 32. The van der Waals surface area contributed by atoms with Gasteiger partial charge in [-0.2, -0.15) is 0 Å². The van der Waals surface area contributed by atoms with Crippen LogP contribution in [-0.2, 0) is 33.3 Å². The molecule has 0 aliphatic carbocycles. The largest absolute Gasteiger partial charge is 0.477 e. The average molecular weight is 1090 g/mol. The number of unbranched alkanes of at least 4 members (excludes halogenated alkanes) is 4. The molecule has 2 unspecified atom stereocenters. The SMILES string of the molecule is CC/C=C\C/C=C\C/C=C\C/C=C\C/C=C\C/C=C\C/C=C\C/C=C\CCCCC(=O)OCC(COC(OCC[N+](C)(C)C)C(=O)O)OC(=O)CCCC/C=C\C/C=C\C/C=C\C/C=C\C/C=C\C/C=C\C/C=C\C/C=C\CC. The molecule has 0 saturated carbocycles. The Kier molecular flexibility index (Phi) is 54.0. The number of rotatable bonds is 51. The maximum absolute atomic E-state index is 12.9. The lowest BCUT2D eigenvalue weighted by molar-refractivity contribution is -0.870. The highest BCUT2D eigenvalue weighted by atomic mass is 16.7. The van der Waals surface area contributed by atoms with Gasteiger partial charge in [0.25, 0.3) is 6.29 Å². The smallest absolute Gasteiger partial charge is 0.361 e. The van der Waals surface area contributed by atoms with E-state index < -0.39 is 30.3 Å². The second-order valence-corrected chi connectivity index (χ2v) is 19.8. The van der Waals surface area contributed by atoms with Crippen molar-refractivity contribution in [3.8, 4) is 0 Å². The number of carboxylic acid groups (broad SMARTS) is 1. The number of quaternary nitrogens is 1. The monoisotopic (exact) mass is 1090 g/mol. The fourth-order valence-electron chi connectivity index (χ4n) is 6.86. The van der Waals surface area contributed by atoms with Gasteiger partial charge in [0.1, 0.15) is 13.2 Å². The van der Waals surface area contributed by atoms with Crippen molar-refractivity contribution >= 4 is 17.9 Å². The standard InChI is InChI=1S/C70H105NO8/c1-6-8-10-12-14-16-18-20-22-24-26-28-30-32-34-36-38-40-42-44-46-48-50-52-54-56-58-60-67(72)77-64-66(65-78-70(69(74)75)76-63-62-71(3,4)5)79-68(73)61-59-57-55-53-51-49-47-45-43-41-39-37-35-33-31-29-27-25-23-21-19-17-15-13-11-9-7-2/h8-11,14-17,20-23,26-29,32-35,38-41,44-47,50-53,66,70H,6-7,12-13,18-19,24-25,30-31,36-37,42-43,48-49,54-65H2,1-5H3/p+1/b10-8-,11-9-,16-14-,17-15-,22-20-,23-21-,28-26-,29-27-,34-32-,35-33-,40-38-,41-39-,46-44-,47-45-,52-50-,53-51-. The number of esters is 2. The summed E-state index contributed by atoms with van der Waals surface area (Å²) in [5.74, 6) is -2.16. The summed E-state index contributed by atoms with van der Waals surface area (Å²) >= 11 is 0. The quantitative estimate of drug-likeness (QED) is 0.0211. The van der Waals surface area contributed by atoms with Gasteiger partial charge in [-0.3, -0.25) is 9.59 Å². The number of hydrogen-bond donors (Lipinski definition) is 1. The highest BCUT2D eigenvalue weighted by Crippen LogP contribution is 2.10. The highest BCUT2D eigenvalue weighted by molar-refractivity contribution is 5.71. The van der Waals surface area contributed by atoms with Crippen LogP contribution in [0.4, 0.5) is 0 Å². The van der Waals surface area contributed by atoms with E-state index in [4.69, 9.17) is 18.9 Å². The lowest BCUT2D eigenvalue weighted by atomic mass is 10.1. The maximum atomic E-state index is 12.9. The molecule has 0 heterocycles. The van der Waals surface area contributed by atoms with Gasteiger partial charge in [-0.15, -0.1) is 0 Å². The molecule has 0 fully saturated rings. The number of nitrogens with zero attached hydrogens (tertiary/aromatic N) is 1. The van der Waals surface area contributed by atoms with E-state index in [0.29, 0.717) is 23.9 Å². The summed E-state index contributed by atoms with van der Waals surface area (Å²) in [6.45, 7) is 4.50. The van der Waals surface area contributed by atoms with E-state index in [1.807, 2.05) is 21.1 Å². The second-order valence-electron chi connectivity index (χ2n) is 19.8. The topological polar surface area (TPSA) is 108 Å². The summed E-state index contributed by atoms with van der Waals surface area (Å²) in [7, 11) is 5.92. The predicted molar refractivity (Wildman–Crippen MR) is 335 cm³/mol. The molecule has 0 amide bonds. The van der Waals surface area contributed by atoms with Crippen LogP contribution in [0.25, 0.3) is 0 Å². The van der Waals surface area contributed by atoms with Gasteiger partial charge in [0.15, 0.2) is 6.10 Å². The Labute approximate surface area is 481 Å². The van der Waals surface area contributed by atoms with Crippen LogP contribution in [0.1, 0.15) is 168 Å². The van der Waals surface area contributed by atoms with Gasteiger partial charge in [-0.25, -0.2) is 4.79 Å². The second kappa shape index (κ2) is 58.3. The van der Waals surface area contributed by atoms with Crippen LogP contribution >= 0.6 is 0 Å².